The first-order valence-electron chi connectivity index (χ1n) is 22.9. The lowest BCUT2D eigenvalue weighted by Gasteiger charge is -2.26. The summed E-state index contributed by atoms with van der Waals surface area (Å²) in [7, 11) is 0. The van der Waals surface area contributed by atoms with Crippen LogP contribution in [0.2, 0.25) is 0 Å². The van der Waals surface area contributed by atoms with Crippen LogP contribution in [0, 0.1) is 22.7 Å². The molecule has 0 aliphatic heterocycles. The fourth-order valence-electron chi connectivity index (χ4n) is 10.0. The van der Waals surface area contributed by atoms with Crippen molar-refractivity contribution in [3.05, 3.63) is 247 Å². The number of hydrogen-bond acceptors (Lipinski definition) is 4. The molecule has 0 fully saturated rings. The standard InChI is InChI=1S/C62H42N6/c63-41-43-19-27-49(28-20-43)65(53-35-37-61-57(39-53)55-15-7-9-17-59(55)67(61)47-11-3-1-4-12-47)51-31-23-45(24-32-51)46-25-33-52(34-26-46)66(50-29-21-44(42-64)22-30-50)54-36-38-62-58(40-54)56-16-8-10-18-60(56)68(62)48-13-5-2-6-14-48/h1-9,11-17,19-40H,10,18H2. The van der Waals surface area contributed by atoms with Crippen LogP contribution in [0.25, 0.3) is 61.3 Å². The summed E-state index contributed by atoms with van der Waals surface area (Å²) < 4.78 is 4.74. The van der Waals surface area contributed by atoms with E-state index in [0.29, 0.717) is 11.1 Å². The van der Waals surface area contributed by atoms with Gasteiger partial charge in [0.1, 0.15) is 0 Å². The molecule has 0 saturated carbocycles. The third-order valence-corrected chi connectivity index (χ3v) is 13.2. The second-order valence-electron chi connectivity index (χ2n) is 17.1. The fourth-order valence-corrected chi connectivity index (χ4v) is 10.0. The quantitative estimate of drug-likeness (QED) is 0.145. The van der Waals surface area contributed by atoms with E-state index in [0.717, 1.165) is 80.2 Å². The SMILES string of the molecule is N#Cc1ccc(N(c2ccc(-c3ccc(N(c4ccc(C#N)cc4)c4ccc5c(c4)c4ccccc4n5-c4ccccc4)cc3)cc2)c2ccc3c(c2)c2c(n3-c3ccccc3)CCC=C2)cc1. The molecule has 0 saturated heterocycles. The van der Waals surface area contributed by atoms with Gasteiger partial charge >= 0.3 is 0 Å². The van der Waals surface area contributed by atoms with Crippen molar-refractivity contribution < 1.29 is 0 Å². The zero-order valence-corrected chi connectivity index (χ0v) is 37.0. The minimum atomic E-state index is 0.616. The predicted octanol–water partition coefficient (Wildman–Crippen LogP) is 16.0. The van der Waals surface area contributed by atoms with E-state index in [1.165, 1.54) is 33.2 Å². The Labute approximate surface area is 395 Å². The number of nitriles is 2. The molecule has 0 unspecified atom stereocenters. The molecule has 2 heterocycles. The van der Waals surface area contributed by atoms with Crippen LogP contribution in [-0.4, -0.2) is 9.13 Å². The van der Waals surface area contributed by atoms with E-state index in [2.05, 4.69) is 213 Å². The first kappa shape index (κ1) is 40.2. The van der Waals surface area contributed by atoms with Gasteiger partial charge in [-0.15, -0.1) is 0 Å². The molecule has 68 heavy (non-hydrogen) atoms. The summed E-state index contributed by atoms with van der Waals surface area (Å²) >= 11 is 0. The highest BCUT2D eigenvalue weighted by Gasteiger charge is 2.22. The Morgan fingerprint density at radius 3 is 1.34 bits per heavy atom. The fraction of sp³-hybridized carbons (Fsp3) is 0.0323. The molecule has 6 nitrogen and oxygen atoms in total. The van der Waals surface area contributed by atoms with Crippen LogP contribution in [0.4, 0.5) is 34.1 Å². The number of para-hydroxylation sites is 3. The average molecular weight is 871 g/mol. The van der Waals surface area contributed by atoms with E-state index in [-0.39, 0.29) is 0 Å². The van der Waals surface area contributed by atoms with Crippen LogP contribution in [0.1, 0.15) is 28.8 Å². The second-order valence-corrected chi connectivity index (χ2v) is 17.1. The van der Waals surface area contributed by atoms with Gasteiger partial charge in [-0.2, -0.15) is 10.5 Å². The van der Waals surface area contributed by atoms with Gasteiger partial charge in [-0.3, -0.25) is 0 Å². The lowest BCUT2D eigenvalue weighted by molar-refractivity contribution is 0.888. The molecule has 0 spiro atoms. The Hall–Kier alpha value is -9.36. The number of hydrogen-bond donors (Lipinski definition) is 0. The van der Waals surface area contributed by atoms with Crippen molar-refractivity contribution in [2.75, 3.05) is 9.80 Å². The van der Waals surface area contributed by atoms with Crippen LogP contribution >= 0.6 is 0 Å². The van der Waals surface area contributed by atoms with Gasteiger partial charge in [0.15, 0.2) is 0 Å². The summed E-state index contributed by atoms with van der Waals surface area (Å²) in [5, 5.41) is 22.9. The molecule has 0 N–H and O–H groups in total. The Kier molecular flexibility index (Phi) is 9.98. The van der Waals surface area contributed by atoms with Gasteiger partial charge < -0.3 is 18.9 Å². The lowest BCUT2D eigenvalue weighted by atomic mass is 10.0. The molecule has 12 rings (SSSR count). The number of aromatic nitrogens is 2. The van der Waals surface area contributed by atoms with E-state index in [9.17, 15) is 10.5 Å². The summed E-state index contributed by atoms with van der Waals surface area (Å²) in [4.78, 5) is 4.53. The average Bonchev–Trinajstić information content (AvgIpc) is 3.92. The Morgan fingerprint density at radius 1 is 0.382 bits per heavy atom. The van der Waals surface area contributed by atoms with Crippen molar-refractivity contribution in [2.24, 2.45) is 0 Å². The van der Waals surface area contributed by atoms with Gasteiger partial charge in [-0.05, 0) is 163 Å². The van der Waals surface area contributed by atoms with E-state index < -0.39 is 0 Å². The first-order valence-corrected chi connectivity index (χ1v) is 22.9. The van der Waals surface area contributed by atoms with Crippen LogP contribution in [0.3, 0.4) is 0 Å². The lowest BCUT2D eigenvalue weighted by Crippen LogP contribution is -2.10. The highest BCUT2D eigenvalue weighted by Crippen LogP contribution is 2.43. The van der Waals surface area contributed by atoms with Gasteiger partial charge in [0.05, 0.1) is 39.8 Å². The van der Waals surface area contributed by atoms with Crippen LogP contribution in [0.15, 0.2) is 224 Å². The highest BCUT2D eigenvalue weighted by atomic mass is 15.1. The van der Waals surface area contributed by atoms with Crippen LogP contribution in [-0.2, 0) is 6.42 Å². The molecule has 1 aliphatic rings. The molecule has 0 amide bonds. The normalized spacial score (nSPS) is 11.9. The number of nitrogens with zero attached hydrogens (tertiary/aromatic N) is 6. The summed E-state index contributed by atoms with van der Waals surface area (Å²) in [5.74, 6) is 0. The zero-order valence-electron chi connectivity index (χ0n) is 37.0. The second kappa shape index (κ2) is 16.9. The van der Waals surface area contributed by atoms with E-state index >= 15 is 0 Å². The molecule has 0 atom stereocenters. The third kappa shape index (κ3) is 6.97. The van der Waals surface area contributed by atoms with E-state index in [1.807, 2.05) is 48.5 Å². The minimum absolute atomic E-state index is 0.616. The number of benzene rings is 9. The van der Waals surface area contributed by atoms with Gasteiger partial charge in [0.2, 0.25) is 0 Å². The summed E-state index contributed by atoms with van der Waals surface area (Å²) in [6.45, 7) is 0. The summed E-state index contributed by atoms with van der Waals surface area (Å²) in [5.41, 5.74) is 17.8. The topological polar surface area (TPSA) is 63.9 Å². The predicted molar refractivity (Wildman–Crippen MR) is 279 cm³/mol. The van der Waals surface area contributed by atoms with Crippen LogP contribution < -0.4 is 9.80 Å². The molecule has 0 bridgehead atoms. The smallest absolute Gasteiger partial charge is 0.0991 e. The van der Waals surface area contributed by atoms with Gasteiger partial charge in [0, 0.05) is 72.9 Å². The molecule has 1 aliphatic carbocycles. The first-order chi connectivity index (χ1) is 33.6. The molecule has 6 heteroatoms. The summed E-state index contributed by atoms with van der Waals surface area (Å²) in [6, 6.07) is 80.8. The number of rotatable bonds is 9. The Balaban J connectivity index is 0.914. The number of fused-ring (bicyclic) bond motifs is 6. The molecule has 0 radical (unpaired) electrons. The third-order valence-electron chi connectivity index (χ3n) is 13.2. The monoisotopic (exact) mass is 870 g/mol. The van der Waals surface area contributed by atoms with Gasteiger partial charge in [-0.25, -0.2) is 0 Å². The van der Waals surface area contributed by atoms with E-state index in [4.69, 9.17) is 0 Å². The molecular weight excluding hydrogens is 829 g/mol. The Bertz CT molecular complexity index is 3780. The van der Waals surface area contributed by atoms with Crippen molar-refractivity contribution in [3.63, 3.8) is 0 Å². The maximum Gasteiger partial charge on any atom is 0.0991 e. The maximum absolute atomic E-state index is 9.67. The van der Waals surface area contributed by atoms with Crippen molar-refractivity contribution in [1.29, 1.82) is 10.5 Å². The molecule has 2 aromatic heterocycles. The maximum atomic E-state index is 9.67. The Morgan fingerprint density at radius 2 is 0.809 bits per heavy atom. The minimum Gasteiger partial charge on any atom is -0.313 e. The largest absolute Gasteiger partial charge is 0.313 e. The van der Waals surface area contributed by atoms with Crippen LogP contribution in [0.5, 0.6) is 0 Å². The number of allylic oxidation sites excluding steroid dienone is 1. The molecular formula is C62H42N6. The zero-order chi connectivity index (χ0) is 45.6. The highest BCUT2D eigenvalue weighted by molar-refractivity contribution is 6.10. The van der Waals surface area contributed by atoms with Crippen molar-refractivity contribution in [2.45, 2.75) is 12.8 Å². The van der Waals surface area contributed by atoms with E-state index in [1.54, 1.807) is 0 Å². The molecule has 9 aromatic carbocycles. The van der Waals surface area contributed by atoms with Gasteiger partial charge in [0.25, 0.3) is 0 Å². The molecule has 11 aromatic rings. The van der Waals surface area contributed by atoms with Crippen molar-refractivity contribution >= 4 is 72.9 Å². The number of anilines is 6. The van der Waals surface area contributed by atoms with Gasteiger partial charge in [-0.1, -0.05) is 91.0 Å². The molecule has 320 valence electrons. The summed E-state index contributed by atoms with van der Waals surface area (Å²) in [6.07, 6.45) is 6.56. The van der Waals surface area contributed by atoms with Crippen molar-refractivity contribution in [3.8, 4) is 34.6 Å². The van der Waals surface area contributed by atoms with Crippen molar-refractivity contribution in [1.82, 2.24) is 9.13 Å².